The molecule has 1 saturated heterocycles. The first-order chi connectivity index (χ1) is 27.6. The first kappa shape index (κ1) is 42.7. The summed E-state index contributed by atoms with van der Waals surface area (Å²) < 4.78 is 12.0. The lowest BCUT2D eigenvalue weighted by Gasteiger charge is -2.35. The van der Waals surface area contributed by atoms with Crippen molar-refractivity contribution in [2.45, 2.75) is 65.5 Å². The van der Waals surface area contributed by atoms with Crippen LogP contribution in [0, 0.1) is 11.3 Å². The van der Waals surface area contributed by atoms with Crippen molar-refractivity contribution in [3.8, 4) is 17.6 Å². The Hall–Kier alpha value is -5.44. The molecule has 5 rings (SSSR count). The average molecular weight is 789 g/mol. The molecule has 10 nitrogen and oxygen atoms in total. The SMILES string of the molecule is C=C1C(CC)=C(/C=C\C)C(c2cc(OC)c(CN3CCN(C(=O)CCc4ccc(C(CCC)N(C)C(=O)/C(C#N)=C/c5nccs5)cc4)CC3)c(OC)c2)=CN1C. The summed E-state index contributed by atoms with van der Waals surface area (Å²) in [6, 6.07) is 14.2. The van der Waals surface area contributed by atoms with Gasteiger partial charge in [-0.3, -0.25) is 14.5 Å². The fraction of sp³-hybridized carbons (Fsp3) is 0.391. The Morgan fingerprint density at radius 1 is 1.09 bits per heavy atom. The number of nitrogens with zero attached hydrogens (tertiary/aromatic N) is 6. The Morgan fingerprint density at radius 2 is 1.77 bits per heavy atom. The predicted molar refractivity (Wildman–Crippen MR) is 229 cm³/mol. The molecule has 0 bridgehead atoms. The summed E-state index contributed by atoms with van der Waals surface area (Å²) in [6.07, 6.45) is 13.1. The van der Waals surface area contributed by atoms with Gasteiger partial charge in [0, 0.05) is 82.3 Å². The highest BCUT2D eigenvalue weighted by Crippen LogP contribution is 2.41. The number of hydrogen-bond acceptors (Lipinski definition) is 9. The van der Waals surface area contributed by atoms with Crippen LogP contribution in [0.5, 0.6) is 11.5 Å². The van der Waals surface area contributed by atoms with Gasteiger partial charge in [-0.25, -0.2) is 4.98 Å². The van der Waals surface area contributed by atoms with Gasteiger partial charge in [0.05, 0.1) is 25.8 Å². The molecule has 2 aromatic carbocycles. The molecule has 0 radical (unpaired) electrons. The number of thiazole rings is 1. The van der Waals surface area contributed by atoms with Crippen molar-refractivity contribution >= 4 is 34.8 Å². The first-order valence-corrected chi connectivity index (χ1v) is 20.6. The number of allylic oxidation sites excluding steroid dienone is 5. The second-order valence-corrected chi connectivity index (χ2v) is 15.3. The van der Waals surface area contributed by atoms with Crippen molar-refractivity contribution in [2.75, 3.05) is 54.5 Å². The molecule has 1 atom stereocenters. The van der Waals surface area contributed by atoms with Gasteiger partial charge in [0.1, 0.15) is 28.1 Å². The molecule has 57 heavy (non-hydrogen) atoms. The van der Waals surface area contributed by atoms with Crippen molar-refractivity contribution in [3.05, 3.63) is 123 Å². The van der Waals surface area contributed by atoms with Gasteiger partial charge in [-0.1, -0.05) is 63.3 Å². The normalized spacial score (nSPS) is 15.8. The summed E-state index contributed by atoms with van der Waals surface area (Å²) in [5.74, 6) is 1.36. The molecule has 3 aromatic rings. The molecule has 1 unspecified atom stereocenters. The number of carbonyl (C=O) groups excluding carboxylic acids is 2. The Balaban J connectivity index is 1.18. The number of rotatable bonds is 16. The highest BCUT2D eigenvalue weighted by Gasteiger charge is 2.27. The van der Waals surface area contributed by atoms with Crippen LogP contribution in [0.25, 0.3) is 11.6 Å². The standard InChI is InChI=1S/C46H56N6O4S/c1-9-12-38-37(11-3)32(4)49(5)30-39(38)35-26-42(55-7)40(43(27-35)56-8)31-51-21-23-52(24-22-51)45(53)19-16-33-14-17-34(18-15-33)41(13-10-2)50(6)46(54)36(29-47)28-44-48-20-25-57-44/h9,12,14-15,17-18,20,25-28,30,41H,4,10-11,13,16,19,21-24,31H2,1-3,5-8H3/b12-9-,36-28+. The van der Waals surface area contributed by atoms with Gasteiger partial charge in [0.25, 0.3) is 5.91 Å². The molecule has 300 valence electrons. The number of carbonyl (C=O) groups is 2. The topological polar surface area (TPSA) is 102 Å². The lowest BCUT2D eigenvalue weighted by Crippen LogP contribution is -2.48. The monoisotopic (exact) mass is 788 g/mol. The molecule has 1 fully saturated rings. The van der Waals surface area contributed by atoms with Crippen LogP contribution in [-0.2, 0) is 22.6 Å². The zero-order valence-corrected chi connectivity index (χ0v) is 35.3. The van der Waals surface area contributed by atoms with E-state index in [0.29, 0.717) is 37.5 Å². The number of ether oxygens (including phenoxy) is 2. The van der Waals surface area contributed by atoms with E-state index in [0.717, 1.165) is 82.9 Å². The van der Waals surface area contributed by atoms with E-state index in [4.69, 9.17) is 9.47 Å². The summed E-state index contributed by atoms with van der Waals surface area (Å²) >= 11 is 1.38. The van der Waals surface area contributed by atoms with Crippen LogP contribution in [0.2, 0.25) is 0 Å². The summed E-state index contributed by atoms with van der Waals surface area (Å²) in [5, 5.41) is 12.2. The fourth-order valence-corrected chi connectivity index (χ4v) is 8.17. The second-order valence-electron chi connectivity index (χ2n) is 14.4. The average Bonchev–Trinajstić information content (AvgIpc) is 3.76. The van der Waals surface area contributed by atoms with Crippen molar-refractivity contribution < 1.29 is 19.1 Å². The van der Waals surface area contributed by atoms with Crippen LogP contribution in [0.3, 0.4) is 0 Å². The zero-order valence-electron chi connectivity index (χ0n) is 34.5. The van der Waals surface area contributed by atoms with E-state index in [-0.39, 0.29) is 23.4 Å². The molecule has 2 aliphatic heterocycles. The van der Waals surface area contributed by atoms with Crippen molar-refractivity contribution in [3.63, 3.8) is 0 Å². The summed E-state index contributed by atoms with van der Waals surface area (Å²) in [4.78, 5) is 38.9. The third-order valence-electron chi connectivity index (χ3n) is 10.8. The van der Waals surface area contributed by atoms with E-state index in [1.807, 2.05) is 48.5 Å². The first-order valence-electron chi connectivity index (χ1n) is 19.7. The molecular weight excluding hydrogens is 733 g/mol. The van der Waals surface area contributed by atoms with Gasteiger partial charge >= 0.3 is 0 Å². The minimum atomic E-state index is -0.327. The van der Waals surface area contributed by atoms with Crippen LogP contribution in [0.4, 0.5) is 0 Å². The highest BCUT2D eigenvalue weighted by atomic mass is 32.1. The number of amides is 2. The van der Waals surface area contributed by atoms with E-state index in [1.165, 1.54) is 16.9 Å². The van der Waals surface area contributed by atoms with Gasteiger partial charge in [-0.2, -0.15) is 5.26 Å². The van der Waals surface area contributed by atoms with Crippen LogP contribution in [0.1, 0.15) is 79.8 Å². The van der Waals surface area contributed by atoms with Crippen LogP contribution in [-0.4, -0.2) is 90.9 Å². The number of nitriles is 1. The number of likely N-dealkylation sites (N-methyl/N-ethyl adjacent to an activating group) is 2. The quantitative estimate of drug-likeness (QED) is 0.105. The molecular formula is C46H56N6O4S. The molecule has 0 aliphatic carbocycles. The van der Waals surface area contributed by atoms with Gasteiger partial charge in [0.2, 0.25) is 5.91 Å². The molecule has 0 N–H and O–H groups in total. The Kier molecular flexibility index (Phi) is 15.1. The summed E-state index contributed by atoms with van der Waals surface area (Å²) in [6.45, 7) is 14.0. The van der Waals surface area contributed by atoms with E-state index in [1.54, 1.807) is 38.4 Å². The maximum atomic E-state index is 13.4. The Labute approximate surface area is 342 Å². The smallest absolute Gasteiger partial charge is 0.264 e. The van der Waals surface area contributed by atoms with E-state index < -0.39 is 0 Å². The molecule has 0 spiro atoms. The van der Waals surface area contributed by atoms with E-state index in [2.05, 4.69) is 71.8 Å². The predicted octanol–water partition coefficient (Wildman–Crippen LogP) is 8.43. The number of benzene rings is 2. The lowest BCUT2D eigenvalue weighted by atomic mass is 9.88. The summed E-state index contributed by atoms with van der Waals surface area (Å²) in [7, 11) is 7.18. The second kappa shape index (κ2) is 20.1. The maximum absolute atomic E-state index is 13.4. The van der Waals surface area contributed by atoms with Gasteiger partial charge in [-0.05, 0) is 72.2 Å². The lowest BCUT2D eigenvalue weighted by molar-refractivity contribution is -0.133. The summed E-state index contributed by atoms with van der Waals surface area (Å²) in [5.41, 5.74) is 8.60. The third-order valence-corrected chi connectivity index (χ3v) is 11.6. The van der Waals surface area contributed by atoms with Crippen LogP contribution in [0.15, 0.2) is 95.3 Å². The Bertz CT molecular complexity index is 2040. The molecule has 2 aliphatic rings. The molecule has 11 heteroatoms. The largest absolute Gasteiger partial charge is 0.496 e. The number of methoxy groups -OCH3 is 2. The van der Waals surface area contributed by atoms with Gasteiger partial charge in [-0.15, -0.1) is 11.3 Å². The number of aromatic nitrogens is 1. The molecule has 0 saturated carbocycles. The highest BCUT2D eigenvalue weighted by molar-refractivity contribution is 7.10. The minimum Gasteiger partial charge on any atom is -0.496 e. The van der Waals surface area contributed by atoms with Gasteiger partial charge < -0.3 is 24.2 Å². The Morgan fingerprint density at radius 3 is 2.33 bits per heavy atom. The zero-order chi connectivity index (χ0) is 41.1. The van der Waals surface area contributed by atoms with Crippen molar-refractivity contribution in [1.29, 1.82) is 5.26 Å². The van der Waals surface area contributed by atoms with E-state index >= 15 is 0 Å². The van der Waals surface area contributed by atoms with Crippen LogP contribution < -0.4 is 9.47 Å². The number of piperazine rings is 1. The molecule has 1 aromatic heterocycles. The number of hydrogen-bond donors (Lipinski definition) is 0. The fourth-order valence-electron chi connectivity index (χ4n) is 7.60. The molecule has 3 heterocycles. The van der Waals surface area contributed by atoms with Gasteiger partial charge in [0.15, 0.2) is 0 Å². The third kappa shape index (κ3) is 10.1. The number of aryl methyl sites for hydroxylation is 1. The van der Waals surface area contributed by atoms with Crippen molar-refractivity contribution in [1.82, 2.24) is 24.6 Å². The molecule has 2 amide bonds. The van der Waals surface area contributed by atoms with Crippen molar-refractivity contribution in [2.24, 2.45) is 0 Å². The maximum Gasteiger partial charge on any atom is 0.264 e. The minimum absolute atomic E-state index is 0.0634. The van der Waals surface area contributed by atoms with E-state index in [9.17, 15) is 14.9 Å². The van der Waals surface area contributed by atoms with Crippen LogP contribution >= 0.6 is 11.3 Å².